The molecule has 2 aromatic rings. The minimum Gasteiger partial charge on any atom is -0.271 e. The maximum absolute atomic E-state index is 13.3. The van der Waals surface area contributed by atoms with Crippen molar-refractivity contribution < 1.29 is 4.39 Å². The molecule has 0 spiro atoms. The van der Waals surface area contributed by atoms with Gasteiger partial charge < -0.3 is 0 Å². The second kappa shape index (κ2) is 5.75. The number of hydrogen-bond donors (Lipinski definition) is 2. The van der Waals surface area contributed by atoms with E-state index < -0.39 is 5.82 Å². The van der Waals surface area contributed by atoms with Gasteiger partial charge in [0.05, 0.1) is 21.8 Å². The molecule has 0 radical (unpaired) electrons. The van der Waals surface area contributed by atoms with Crippen LogP contribution in [-0.4, -0.2) is 4.98 Å². The first kappa shape index (κ1) is 13.4. The number of nitrogens with one attached hydrogen (secondary N) is 1. The Morgan fingerprint density at radius 2 is 2.33 bits per heavy atom. The Labute approximate surface area is 114 Å². The minimum absolute atomic E-state index is 0.125. The van der Waals surface area contributed by atoms with Crippen LogP contribution in [0.15, 0.2) is 23.6 Å². The van der Waals surface area contributed by atoms with E-state index in [2.05, 4.69) is 10.4 Å². The van der Waals surface area contributed by atoms with Gasteiger partial charge in [-0.3, -0.25) is 11.3 Å². The smallest absolute Gasteiger partial charge is 0.142 e. The zero-order valence-corrected chi connectivity index (χ0v) is 11.4. The number of hydrazine groups is 1. The third kappa shape index (κ3) is 3.05. The number of nitrogens with two attached hydrogens (primary N) is 1. The topological polar surface area (TPSA) is 50.9 Å². The summed E-state index contributed by atoms with van der Waals surface area (Å²) in [4.78, 5) is 4.37. The fourth-order valence-electron chi connectivity index (χ4n) is 1.69. The molecular weight excluding hydrogens is 273 g/mol. The predicted molar refractivity (Wildman–Crippen MR) is 72.0 cm³/mol. The molecule has 0 bridgehead atoms. The quantitative estimate of drug-likeness (QED) is 0.671. The van der Waals surface area contributed by atoms with Gasteiger partial charge in [0.15, 0.2) is 0 Å². The Kier molecular flexibility index (Phi) is 4.29. The van der Waals surface area contributed by atoms with E-state index in [1.165, 1.54) is 6.07 Å². The molecular formula is C12H13ClFN3S. The number of rotatable bonds is 4. The average molecular weight is 286 g/mol. The molecule has 3 N–H and O–H groups in total. The highest BCUT2D eigenvalue weighted by Crippen LogP contribution is 2.22. The first-order valence-corrected chi connectivity index (χ1v) is 6.68. The number of thiazole rings is 1. The maximum Gasteiger partial charge on any atom is 0.142 e. The summed E-state index contributed by atoms with van der Waals surface area (Å²) in [7, 11) is 0. The summed E-state index contributed by atoms with van der Waals surface area (Å²) in [6.07, 6.45) is 0.563. The van der Waals surface area contributed by atoms with Crippen LogP contribution >= 0.6 is 22.9 Å². The molecule has 0 saturated carbocycles. The van der Waals surface area contributed by atoms with E-state index in [1.807, 2.05) is 12.3 Å². The van der Waals surface area contributed by atoms with E-state index in [0.29, 0.717) is 6.42 Å². The first-order chi connectivity index (χ1) is 8.60. The molecule has 3 nitrogen and oxygen atoms in total. The molecule has 96 valence electrons. The van der Waals surface area contributed by atoms with Crippen LogP contribution in [0, 0.1) is 12.7 Å². The van der Waals surface area contributed by atoms with E-state index in [4.69, 9.17) is 17.4 Å². The Bertz CT molecular complexity index is 544. The van der Waals surface area contributed by atoms with Gasteiger partial charge in [0.2, 0.25) is 0 Å². The van der Waals surface area contributed by atoms with Gasteiger partial charge >= 0.3 is 0 Å². The summed E-state index contributed by atoms with van der Waals surface area (Å²) in [5.74, 6) is 5.11. The van der Waals surface area contributed by atoms with Gasteiger partial charge in [-0.1, -0.05) is 17.7 Å². The van der Waals surface area contributed by atoms with Gasteiger partial charge in [0.25, 0.3) is 0 Å². The van der Waals surface area contributed by atoms with Crippen LogP contribution in [-0.2, 0) is 6.42 Å². The molecule has 18 heavy (non-hydrogen) atoms. The van der Waals surface area contributed by atoms with Gasteiger partial charge in [-0.05, 0) is 31.0 Å². The van der Waals surface area contributed by atoms with Crippen molar-refractivity contribution in [2.24, 2.45) is 5.84 Å². The molecule has 0 aliphatic carbocycles. The Morgan fingerprint density at radius 1 is 1.56 bits per heavy atom. The van der Waals surface area contributed by atoms with E-state index in [1.54, 1.807) is 23.5 Å². The van der Waals surface area contributed by atoms with Gasteiger partial charge in [0.1, 0.15) is 5.82 Å². The van der Waals surface area contributed by atoms with Crippen LogP contribution in [0.4, 0.5) is 4.39 Å². The molecule has 1 aromatic heterocycles. The van der Waals surface area contributed by atoms with Crippen molar-refractivity contribution in [3.63, 3.8) is 0 Å². The molecule has 0 fully saturated rings. The lowest BCUT2D eigenvalue weighted by Gasteiger charge is -2.13. The monoisotopic (exact) mass is 285 g/mol. The Hall–Kier alpha value is -1.01. The first-order valence-electron chi connectivity index (χ1n) is 5.42. The van der Waals surface area contributed by atoms with Crippen molar-refractivity contribution >= 4 is 22.9 Å². The minimum atomic E-state index is -0.417. The van der Waals surface area contributed by atoms with Crippen molar-refractivity contribution in [3.8, 4) is 0 Å². The van der Waals surface area contributed by atoms with Crippen molar-refractivity contribution in [2.75, 3.05) is 0 Å². The van der Waals surface area contributed by atoms with Crippen LogP contribution in [0.1, 0.15) is 22.3 Å². The summed E-state index contributed by atoms with van der Waals surface area (Å²) >= 11 is 7.21. The highest BCUT2D eigenvalue weighted by Gasteiger charge is 2.14. The van der Waals surface area contributed by atoms with Crippen molar-refractivity contribution in [2.45, 2.75) is 19.4 Å². The molecule has 0 amide bonds. The molecule has 1 atom stereocenters. The summed E-state index contributed by atoms with van der Waals surface area (Å²) in [5, 5.41) is 3.06. The van der Waals surface area contributed by atoms with E-state index >= 15 is 0 Å². The third-order valence-corrected chi connectivity index (χ3v) is 3.72. The van der Waals surface area contributed by atoms with Gasteiger partial charge in [-0.25, -0.2) is 9.37 Å². The molecule has 0 saturated heterocycles. The molecule has 1 unspecified atom stereocenters. The van der Waals surface area contributed by atoms with Crippen LogP contribution in [0.5, 0.6) is 0 Å². The van der Waals surface area contributed by atoms with Gasteiger partial charge in [0, 0.05) is 5.38 Å². The molecule has 0 aliphatic rings. The molecule has 1 aromatic carbocycles. The zero-order valence-electron chi connectivity index (χ0n) is 9.78. The fraction of sp³-hybridized carbons (Fsp3) is 0.250. The summed E-state index contributed by atoms with van der Waals surface area (Å²) < 4.78 is 13.3. The standard InChI is InChI=1S/C12H13ClFN3S/c1-7-16-12(6-18-7)11(17-15)5-8-2-3-9(13)10(14)4-8/h2-4,6,11,17H,5,15H2,1H3. The Balaban J connectivity index is 2.17. The SMILES string of the molecule is Cc1nc(C(Cc2ccc(Cl)c(F)c2)NN)cs1. The summed E-state index contributed by atoms with van der Waals surface area (Å²) in [5.41, 5.74) is 4.40. The van der Waals surface area contributed by atoms with Crippen LogP contribution in [0.25, 0.3) is 0 Å². The third-order valence-electron chi connectivity index (χ3n) is 2.62. The number of nitrogens with zero attached hydrogens (tertiary/aromatic N) is 1. The largest absolute Gasteiger partial charge is 0.271 e. The normalized spacial score (nSPS) is 12.7. The lowest BCUT2D eigenvalue weighted by molar-refractivity contribution is 0.537. The molecule has 1 heterocycles. The Morgan fingerprint density at radius 3 is 2.89 bits per heavy atom. The molecule has 6 heteroatoms. The second-order valence-electron chi connectivity index (χ2n) is 3.96. The maximum atomic E-state index is 13.3. The number of aromatic nitrogens is 1. The van der Waals surface area contributed by atoms with E-state index in [0.717, 1.165) is 16.3 Å². The van der Waals surface area contributed by atoms with Crippen LogP contribution in [0.3, 0.4) is 0 Å². The summed E-state index contributed by atoms with van der Waals surface area (Å²) in [6.45, 7) is 1.93. The van der Waals surface area contributed by atoms with Gasteiger partial charge in [-0.15, -0.1) is 11.3 Å². The van der Waals surface area contributed by atoms with Crippen LogP contribution in [0.2, 0.25) is 5.02 Å². The average Bonchev–Trinajstić information content (AvgIpc) is 2.77. The number of aryl methyl sites for hydroxylation is 1. The second-order valence-corrected chi connectivity index (χ2v) is 5.43. The highest BCUT2D eigenvalue weighted by atomic mass is 35.5. The number of hydrogen-bond acceptors (Lipinski definition) is 4. The van der Waals surface area contributed by atoms with Crippen LogP contribution < -0.4 is 11.3 Å². The number of benzene rings is 1. The van der Waals surface area contributed by atoms with E-state index in [-0.39, 0.29) is 11.1 Å². The van der Waals surface area contributed by atoms with Crippen molar-refractivity contribution in [1.82, 2.24) is 10.4 Å². The van der Waals surface area contributed by atoms with Crippen molar-refractivity contribution in [1.29, 1.82) is 0 Å². The zero-order chi connectivity index (χ0) is 13.1. The van der Waals surface area contributed by atoms with Gasteiger partial charge in [-0.2, -0.15) is 0 Å². The lowest BCUT2D eigenvalue weighted by Crippen LogP contribution is -2.29. The van der Waals surface area contributed by atoms with Crippen molar-refractivity contribution in [3.05, 3.63) is 50.7 Å². The highest BCUT2D eigenvalue weighted by molar-refractivity contribution is 7.09. The molecule has 0 aliphatic heterocycles. The molecule has 2 rings (SSSR count). The fourth-order valence-corrected chi connectivity index (χ4v) is 2.48. The predicted octanol–water partition coefficient (Wildman–Crippen LogP) is 2.99. The lowest BCUT2D eigenvalue weighted by atomic mass is 10.0. The van der Waals surface area contributed by atoms with E-state index in [9.17, 15) is 4.39 Å². The number of halogens is 2. The summed E-state index contributed by atoms with van der Waals surface area (Å²) in [6, 6.07) is 4.63.